The Morgan fingerprint density at radius 3 is 2.41 bits per heavy atom. The first kappa shape index (κ1) is 17.3. The monoisotopic (exact) mass is 384 g/mol. The van der Waals surface area contributed by atoms with Crippen molar-refractivity contribution < 1.29 is 19.1 Å². The number of esters is 1. The molecule has 0 spiro atoms. The zero-order valence-electron chi connectivity index (χ0n) is 15.3. The first-order chi connectivity index (χ1) is 14.1. The molecular formula is C24H16O5. The lowest BCUT2D eigenvalue weighted by Gasteiger charge is -2.25. The van der Waals surface area contributed by atoms with Gasteiger partial charge >= 0.3 is 5.97 Å². The van der Waals surface area contributed by atoms with E-state index in [0.29, 0.717) is 33.4 Å². The molecule has 0 saturated carbocycles. The minimum absolute atomic E-state index is 0.125. The van der Waals surface area contributed by atoms with Gasteiger partial charge in [-0.1, -0.05) is 42.5 Å². The van der Waals surface area contributed by atoms with Gasteiger partial charge in [0, 0.05) is 11.5 Å². The predicted molar refractivity (Wildman–Crippen MR) is 108 cm³/mol. The van der Waals surface area contributed by atoms with Crippen LogP contribution in [0.2, 0.25) is 0 Å². The fourth-order valence-electron chi connectivity index (χ4n) is 3.87. The second kappa shape index (κ2) is 6.63. The van der Waals surface area contributed by atoms with Crippen LogP contribution in [0.15, 0.2) is 82.2 Å². The van der Waals surface area contributed by atoms with E-state index in [9.17, 15) is 14.7 Å². The number of phenolic OH excluding ortho intramolecular Hbond substituents is 1. The summed E-state index contributed by atoms with van der Waals surface area (Å²) >= 11 is 0. The summed E-state index contributed by atoms with van der Waals surface area (Å²) in [4.78, 5) is 25.3. The Hall–Kier alpha value is -3.86. The molecule has 5 rings (SSSR count). The van der Waals surface area contributed by atoms with Gasteiger partial charge in [-0.2, -0.15) is 0 Å². The number of carbonyl (C=O) groups excluding carboxylic acids is 1. The lowest BCUT2D eigenvalue weighted by atomic mass is 9.85. The fourth-order valence-corrected chi connectivity index (χ4v) is 3.87. The number of fused-ring (bicyclic) bond motifs is 3. The molecular weight excluding hydrogens is 368 g/mol. The number of rotatable bonds is 2. The molecule has 1 aromatic heterocycles. The number of ether oxygens (including phenoxy) is 1. The number of phenols is 1. The highest BCUT2D eigenvalue weighted by molar-refractivity contribution is 5.90. The van der Waals surface area contributed by atoms with Gasteiger partial charge in [-0.25, -0.2) is 0 Å². The van der Waals surface area contributed by atoms with Crippen LogP contribution in [0, 0.1) is 0 Å². The molecule has 1 atom stereocenters. The number of carbonyl (C=O) groups is 1. The third-order valence-electron chi connectivity index (χ3n) is 5.26. The van der Waals surface area contributed by atoms with Gasteiger partial charge in [-0.15, -0.1) is 0 Å². The average Bonchev–Trinajstić information content (AvgIpc) is 2.74. The van der Waals surface area contributed by atoms with E-state index in [1.54, 1.807) is 24.3 Å². The van der Waals surface area contributed by atoms with Crippen molar-refractivity contribution in [1.29, 1.82) is 0 Å². The van der Waals surface area contributed by atoms with E-state index in [1.165, 1.54) is 18.4 Å². The van der Waals surface area contributed by atoms with Gasteiger partial charge in [0.15, 0.2) is 0 Å². The molecule has 5 heteroatoms. The molecule has 0 amide bonds. The largest absolute Gasteiger partial charge is 0.508 e. The topological polar surface area (TPSA) is 76.7 Å². The van der Waals surface area contributed by atoms with Gasteiger partial charge in [0.05, 0.1) is 17.4 Å². The number of benzene rings is 3. The van der Waals surface area contributed by atoms with Crippen LogP contribution in [0.25, 0.3) is 22.1 Å². The zero-order valence-corrected chi connectivity index (χ0v) is 15.3. The molecule has 0 bridgehead atoms. The SMILES string of the molecule is O=C1C[C@H](c2ccccc2)c2c(ccc3c(=O)c(-c4ccc(O)cc4)coc23)O1. The molecule has 0 fully saturated rings. The molecule has 142 valence electrons. The normalized spacial score (nSPS) is 15.7. The van der Waals surface area contributed by atoms with Gasteiger partial charge < -0.3 is 14.3 Å². The first-order valence-corrected chi connectivity index (χ1v) is 9.25. The summed E-state index contributed by atoms with van der Waals surface area (Å²) in [7, 11) is 0. The van der Waals surface area contributed by atoms with Crippen molar-refractivity contribution in [3.8, 4) is 22.6 Å². The van der Waals surface area contributed by atoms with Gasteiger partial charge in [0.1, 0.15) is 23.3 Å². The van der Waals surface area contributed by atoms with Gasteiger partial charge in [-0.3, -0.25) is 9.59 Å². The Labute approximate surface area is 165 Å². The number of hydrogen-bond acceptors (Lipinski definition) is 5. The summed E-state index contributed by atoms with van der Waals surface area (Å²) in [6.45, 7) is 0. The molecule has 4 aromatic rings. The van der Waals surface area contributed by atoms with Crippen LogP contribution in [-0.2, 0) is 4.79 Å². The highest BCUT2D eigenvalue weighted by Gasteiger charge is 2.32. The molecule has 29 heavy (non-hydrogen) atoms. The zero-order chi connectivity index (χ0) is 20.0. The average molecular weight is 384 g/mol. The maximum atomic E-state index is 13.2. The van der Waals surface area contributed by atoms with Crippen molar-refractivity contribution in [3.05, 3.63) is 94.3 Å². The van der Waals surface area contributed by atoms with Crippen LogP contribution in [0.4, 0.5) is 0 Å². The molecule has 1 aliphatic rings. The minimum atomic E-state index is -0.311. The third kappa shape index (κ3) is 2.88. The molecule has 3 aromatic carbocycles. The minimum Gasteiger partial charge on any atom is -0.508 e. The molecule has 0 saturated heterocycles. The van der Waals surface area contributed by atoms with Crippen LogP contribution in [0.3, 0.4) is 0 Å². The van der Waals surface area contributed by atoms with E-state index in [2.05, 4.69) is 0 Å². The maximum absolute atomic E-state index is 13.2. The summed E-state index contributed by atoms with van der Waals surface area (Å²) in [5, 5.41) is 9.92. The Kier molecular flexibility index (Phi) is 3.95. The summed E-state index contributed by atoms with van der Waals surface area (Å²) < 4.78 is 11.4. The summed E-state index contributed by atoms with van der Waals surface area (Å²) in [5.74, 6) is -0.0174. The van der Waals surface area contributed by atoms with Gasteiger partial charge in [-0.05, 0) is 35.4 Å². The molecule has 0 radical (unpaired) electrons. The van der Waals surface area contributed by atoms with E-state index in [0.717, 1.165) is 5.56 Å². The molecule has 2 heterocycles. The van der Waals surface area contributed by atoms with Crippen molar-refractivity contribution in [1.82, 2.24) is 0 Å². The van der Waals surface area contributed by atoms with Crippen LogP contribution < -0.4 is 10.2 Å². The third-order valence-corrected chi connectivity index (χ3v) is 5.26. The van der Waals surface area contributed by atoms with E-state index in [-0.39, 0.29) is 29.5 Å². The van der Waals surface area contributed by atoms with Crippen LogP contribution in [0.1, 0.15) is 23.5 Å². The Morgan fingerprint density at radius 2 is 1.66 bits per heavy atom. The molecule has 0 unspecified atom stereocenters. The quantitative estimate of drug-likeness (QED) is 0.404. The second-order valence-corrected chi connectivity index (χ2v) is 7.02. The van der Waals surface area contributed by atoms with Crippen LogP contribution >= 0.6 is 0 Å². The number of hydrogen-bond donors (Lipinski definition) is 1. The van der Waals surface area contributed by atoms with Crippen molar-refractivity contribution >= 4 is 16.9 Å². The van der Waals surface area contributed by atoms with E-state index in [4.69, 9.17) is 9.15 Å². The predicted octanol–water partition coefficient (Wildman–Crippen LogP) is 4.61. The highest BCUT2D eigenvalue weighted by atomic mass is 16.5. The standard InChI is InChI=1S/C24H16O5/c25-16-8-6-15(7-9-16)19-13-28-24-17(23(19)27)10-11-20-22(24)18(12-21(26)29-20)14-4-2-1-3-5-14/h1-11,13,18,25H,12H2/t18-/m1/s1. The van der Waals surface area contributed by atoms with E-state index >= 15 is 0 Å². The molecule has 1 aliphatic heterocycles. The van der Waals surface area contributed by atoms with Gasteiger partial charge in [0.2, 0.25) is 5.43 Å². The Morgan fingerprint density at radius 1 is 0.897 bits per heavy atom. The maximum Gasteiger partial charge on any atom is 0.312 e. The van der Waals surface area contributed by atoms with Crippen molar-refractivity contribution in [3.63, 3.8) is 0 Å². The molecule has 0 aliphatic carbocycles. The van der Waals surface area contributed by atoms with E-state index in [1.807, 2.05) is 30.3 Å². The first-order valence-electron chi connectivity index (χ1n) is 9.25. The van der Waals surface area contributed by atoms with Crippen molar-refractivity contribution in [2.24, 2.45) is 0 Å². The lowest BCUT2D eigenvalue weighted by molar-refractivity contribution is -0.135. The van der Waals surface area contributed by atoms with Crippen molar-refractivity contribution in [2.45, 2.75) is 12.3 Å². The van der Waals surface area contributed by atoms with Crippen LogP contribution in [0.5, 0.6) is 11.5 Å². The lowest BCUT2D eigenvalue weighted by Crippen LogP contribution is -2.22. The van der Waals surface area contributed by atoms with Crippen molar-refractivity contribution in [2.75, 3.05) is 0 Å². The number of aromatic hydroxyl groups is 1. The summed E-state index contributed by atoms with van der Waals surface area (Å²) in [6.07, 6.45) is 1.61. The fraction of sp³-hybridized carbons (Fsp3) is 0.0833. The Bertz CT molecular complexity index is 1290. The Balaban J connectivity index is 1.74. The summed E-state index contributed by atoms with van der Waals surface area (Å²) in [6, 6.07) is 19.3. The molecule has 5 nitrogen and oxygen atoms in total. The van der Waals surface area contributed by atoms with Gasteiger partial charge in [0.25, 0.3) is 0 Å². The summed E-state index contributed by atoms with van der Waals surface area (Å²) in [5.41, 5.74) is 2.98. The molecule has 1 N–H and O–H groups in total. The second-order valence-electron chi connectivity index (χ2n) is 7.02. The smallest absolute Gasteiger partial charge is 0.312 e. The highest BCUT2D eigenvalue weighted by Crippen LogP contribution is 2.42. The van der Waals surface area contributed by atoms with Crippen LogP contribution in [-0.4, -0.2) is 11.1 Å². The van der Waals surface area contributed by atoms with E-state index < -0.39 is 0 Å².